The van der Waals surface area contributed by atoms with Crippen LogP contribution in [0.4, 0.5) is 0 Å². The zero-order valence-corrected chi connectivity index (χ0v) is 12.8. The number of likely N-dealkylation sites (N-methyl/N-ethyl adjacent to an activating group) is 1. The van der Waals surface area contributed by atoms with Crippen molar-refractivity contribution in [2.75, 3.05) is 27.2 Å². The van der Waals surface area contributed by atoms with Gasteiger partial charge in [-0.1, -0.05) is 11.6 Å². The summed E-state index contributed by atoms with van der Waals surface area (Å²) in [6.07, 6.45) is 0. The molecule has 0 aliphatic carbocycles. The molecule has 6 nitrogen and oxygen atoms in total. The highest BCUT2D eigenvalue weighted by Crippen LogP contribution is 2.11. The van der Waals surface area contributed by atoms with Crippen molar-refractivity contribution in [3.63, 3.8) is 0 Å². The van der Waals surface area contributed by atoms with Crippen LogP contribution in [0.1, 0.15) is 16.1 Å². The van der Waals surface area contributed by atoms with Gasteiger partial charge in [-0.05, 0) is 33.2 Å². The number of amides is 1. The van der Waals surface area contributed by atoms with Crippen LogP contribution in [0.15, 0.2) is 23.0 Å². The van der Waals surface area contributed by atoms with Crippen molar-refractivity contribution in [2.24, 2.45) is 7.05 Å². The van der Waals surface area contributed by atoms with E-state index in [-0.39, 0.29) is 11.1 Å². The van der Waals surface area contributed by atoms with Crippen molar-refractivity contribution >= 4 is 16.8 Å². The number of hydrogen-bond donors (Lipinski definition) is 1. The summed E-state index contributed by atoms with van der Waals surface area (Å²) in [5.74, 6) is -0.430. The molecule has 1 aromatic carbocycles. The molecule has 0 aliphatic heterocycles. The quantitative estimate of drug-likeness (QED) is 0.891. The lowest BCUT2D eigenvalue weighted by atomic mass is 10.1. The molecular formula is C15H20N4O2. The first-order valence-corrected chi connectivity index (χ1v) is 6.80. The van der Waals surface area contributed by atoms with Crippen LogP contribution in [0.5, 0.6) is 0 Å². The Morgan fingerprint density at radius 3 is 2.76 bits per heavy atom. The molecule has 0 atom stereocenters. The van der Waals surface area contributed by atoms with Crippen molar-refractivity contribution in [2.45, 2.75) is 6.92 Å². The third-order valence-corrected chi connectivity index (χ3v) is 3.27. The van der Waals surface area contributed by atoms with Gasteiger partial charge in [-0.25, -0.2) is 0 Å². The summed E-state index contributed by atoms with van der Waals surface area (Å²) in [5.41, 5.74) is 1.31. The van der Waals surface area contributed by atoms with Crippen molar-refractivity contribution in [1.82, 2.24) is 20.0 Å². The molecule has 0 bridgehead atoms. The van der Waals surface area contributed by atoms with Crippen LogP contribution in [-0.2, 0) is 7.05 Å². The number of aromatic nitrogens is 2. The fourth-order valence-electron chi connectivity index (χ4n) is 2.12. The van der Waals surface area contributed by atoms with Gasteiger partial charge >= 0.3 is 0 Å². The number of aryl methyl sites for hydroxylation is 2. The minimum Gasteiger partial charge on any atom is -0.349 e. The normalized spacial score (nSPS) is 11.1. The highest BCUT2D eigenvalue weighted by molar-refractivity contribution is 5.95. The second-order valence-corrected chi connectivity index (χ2v) is 5.38. The maximum Gasteiger partial charge on any atom is 0.275 e. The predicted molar refractivity (Wildman–Crippen MR) is 82.6 cm³/mol. The maximum absolute atomic E-state index is 12.4. The fraction of sp³-hybridized carbons (Fsp3) is 0.400. The van der Waals surface area contributed by atoms with Crippen molar-refractivity contribution in [3.8, 4) is 0 Å². The zero-order valence-electron chi connectivity index (χ0n) is 12.8. The molecule has 2 rings (SSSR count). The van der Waals surface area contributed by atoms with E-state index >= 15 is 0 Å². The van der Waals surface area contributed by atoms with Gasteiger partial charge in [0.25, 0.3) is 5.91 Å². The Morgan fingerprint density at radius 1 is 1.38 bits per heavy atom. The molecule has 6 heteroatoms. The monoisotopic (exact) mass is 288 g/mol. The van der Waals surface area contributed by atoms with E-state index in [4.69, 9.17) is 0 Å². The Kier molecular flexibility index (Phi) is 4.37. The van der Waals surface area contributed by atoms with Gasteiger partial charge in [0.2, 0.25) is 5.43 Å². The van der Waals surface area contributed by atoms with E-state index in [0.29, 0.717) is 18.5 Å². The number of carbonyl (C=O) groups excluding carboxylic acids is 1. The van der Waals surface area contributed by atoms with Gasteiger partial charge in [-0.2, -0.15) is 5.10 Å². The van der Waals surface area contributed by atoms with E-state index in [9.17, 15) is 9.59 Å². The first-order valence-electron chi connectivity index (χ1n) is 6.80. The van der Waals surface area contributed by atoms with Gasteiger partial charge in [0.15, 0.2) is 5.69 Å². The molecular weight excluding hydrogens is 268 g/mol. The summed E-state index contributed by atoms with van der Waals surface area (Å²) in [7, 11) is 5.57. The first kappa shape index (κ1) is 15.2. The Hall–Kier alpha value is -2.21. The second kappa shape index (κ2) is 6.05. The predicted octanol–water partition coefficient (Wildman–Crippen LogP) is 0.533. The summed E-state index contributed by atoms with van der Waals surface area (Å²) < 4.78 is 1.57. The van der Waals surface area contributed by atoms with E-state index in [0.717, 1.165) is 11.1 Å². The third-order valence-electron chi connectivity index (χ3n) is 3.27. The largest absolute Gasteiger partial charge is 0.349 e. The number of nitrogens with zero attached hydrogens (tertiary/aromatic N) is 3. The highest BCUT2D eigenvalue weighted by Gasteiger charge is 2.16. The van der Waals surface area contributed by atoms with Crippen LogP contribution >= 0.6 is 0 Å². The molecule has 1 amide bonds. The van der Waals surface area contributed by atoms with Crippen LogP contribution < -0.4 is 10.7 Å². The van der Waals surface area contributed by atoms with E-state index < -0.39 is 5.91 Å². The SMILES string of the molecule is Cc1ccc2c(c1)c(=O)c(C(=O)NCCN(C)C)nn2C. The second-order valence-electron chi connectivity index (χ2n) is 5.38. The molecule has 1 heterocycles. The van der Waals surface area contributed by atoms with E-state index in [1.165, 1.54) is 0 Å². The molecule has 112 valence electrons. The lowest BCUT2D eigenvalue weighted by Crippen LogP contribution is -2.35. The number of rotatable bonds is 4. The molecule has 0 radical (unpaired) electrons. The van der Waals surface area contributed by atoms with Gasteiger partial charge in [0.1, 0.15) is 0 Å². The zero-order chi connectivity index (χ0) is 15.6. The summed E-state index contributed by atoms with van der Waals surface area (Å²) in [6.45, 7) is 3.09. The molecule has 0 aliphatic rings. The summed E-state index contributed by atoms with van der Waals surface area (Å²) >= 11 is 0. The molecule has 0 unspecified atom stereocenters. The topological polar surface area (TPSA) is 67.2 Å². The Bertz CT molecular complexity index is 734. The number of hydrogen-bond acceptors (Lipinski definition) is 4. The van der Waals surface area contributed by atoms with Gasteiger partial charge < -0.3 is 10.2 Å². The van der Waals surface area contributed by atoms with Crippen LogP contribution in [-0.4, -0.2) is 47.8 Å². The lowest BCUT2D eigenvalue weighted by molar-refractivity contribution is 0.0943. The van der Waals surface area contributed by atoms with Gasteiger partial charge in [-0.3, -0.25) is 14.3 Å². The molecule has 0 fully saturated rings. The summed E-state index contributed by atoms with van der Waals surface area (Å²) in [5, 5.41) is 7.35. The fourth-order valence-corrected chi connectivity index (χ4v) is 2.12. The number of nitrogens with one attached hydrogen (secondary N) is 1. The molecule has 0 saturated carbocycles. The number of fused-ring (bicyclic) bond motifs is 1. The smallest absolute Gasteiger partial charge is 0.275 e. The van der Waals surface area contributed by atoms with Crippen LogP contribution in [0, 0.1) is 6.92 Å². The van der Waals surface area contributed by atoms with Crippen LogP contribution in [0.25, 0.3) is 10.9 Å². The van der Waals surface area contributed by atoms with Crippen LogP contribution in [0.3, 0.4) is 0 Å². The molecule has 2 aromatic rings. The first-order chi connectivity index (χ1) is 9.90. The Morgan fingerprint density at radius 2 is 2.10 bits per heavy atom. The number of benzene rings is 1. The van der Waals surface area contributed by atoms with E-state index in [1.54, 1.807) is 17.8 Å². The molecule has 1 N–H and O–H groups in total. The van der Waals surface area contributed by atoms with Gasteiger partial charge in [0.05, 0.1) is 10.9 Å². The van der Waals surface area contributed by atoms with Gasteiger partial charge in [-0.15, -0.1) is 0 Å². The standard InChI is InChI=1S/C15H20N4O2/c1-10-5-6-12-11(9-10)14(20)13(17-19(12)4)15(21)16-7-8-18(2)3/h5-6,9H,7-8H2,1-4H3,(H,16,21). The average molecular weight is 288 g/mol. The maximum atomic E-state index is 12.4. The molecule has 21 heavy (non-hydrogen) atoms. The van der Waals surface area contributed by atoms with Crippen LogP contribution in [0.2, 0.25) is 0 Å². The summed E-state index contributed by atoms with van der Waals surface area (Å²) in [6, 6.07) is 5.54. The Balaban J connectivity index is 2.38. The minimum atomic E-state index is -0.430. The minimum absolute atomic E-state index is 0.0608. The molecule has 1 aromatic heterocycles. The average Bonchev–Trinajstić information content (AvgIpc) is 2.42. The lowest BCUT2D eigenvalue weighted by Gasteiger charge is -2.11. The Labute approximate surface area is 123 Å². The van der Waals surface area contributed by atoms with E-state index in [2.05, 4.69) is 10.4 Å². The van der Waals surface area contributed by atoms with Crippen molar-refractivity contribution in [1.29, 1.82) is 0 Å². The van der Waals surface area contributed by atoms with Crippen molar-refractivity contribution in [3.05, 3.63) is 39.7 Å². The van der Waals surface area contributed by atoms with Crippen molar-refractivity contribution < 1.29 is 4.79 Å². The molecule has 0 saturated heterocycles. The summed E-state index contributed by atoms with van der Waals surface area (Å²) in [4.78, 5) is 26.5. The number of carbonyl (C=O) groups is 1. The van der Waals surface area contributed by atoms with E-state index in [1.807, 2.05) is 38.1 Å². The highest BCUT2D eigenvalue weighted by atomic mass is 16.2. The third kappa shape index (κ3) is 3.28. The van der Waals surface area contributed by atoms with Gasteiger partial charge in [0, 0.05) is 20.1 Å². The molecule has 0 spiro atoms.